The first kappa shape index (κ1) is 18.6. The lowest BCUT2D eigenvalue weighted by Crippen LogP contribution is -2.43. The molecular weight excluding hydrogens is 355 g/mol. The molecule has 3 aromatic rings. The lowest BCUT2D eigenvalue weighted by atomic mass is 9.97. The third kappa shape index (κ3) is 4.06. The van der Waals surface area contributed by atoms with Gasteiger partial charge in [-0.2, -0.15) is 0 Å². The third-order valence-electron chi connectivity index (χ3n) is 5.23. The summed E-state index contributed by atoms with van der Waals surface area (Å²) in [5.41, 5.74) is 1.65. The standard InChI is InChI=1S/C23H23FN2O2/c24-19-10-8-18(9-11-19)23(27)25-16-22(26-12-14-28-15-13-26)21-7-3-5-17-4-1-2-6-20(17)21/h1-11,22H,12-16H2,(H,25,27)/t22-/m0/s1. The first-order valence-corrected chi connectivity index (χ1v) is 9.55. The van der Waals surface area contributed by atoms with Gasteiger partial charge in [0.2, 0.25) is 0 Å². The van der Waals surface area contributed by atoms with Crippen LogP contribution in [0.1, 0.15) is 22.0 Å². The average molecular weight is 378 g/mol. The predicted octanol–water partition coefficient (Wildman–Crippen LogP) is 3.78. The van der Waals surface area contributed by atoms with E-state index in [1.165, 1.54) is 40.6 Å². The van der Waals surface area contributed by atoms with E-state index in [1.807, 2.05) is 12.1 Å². The summed E-state index contributed by atoms with van der Waals surface area (Å²) >= 11 is 0. The zero-order valence-electron chi connectivity index (χ0n) is 15.6. The number of carbonyl (C=O) groups excluding carboxylic acids is 1. The van der Waals surface area contributed by atoms with Gasteiger partial charge in [0, 0.05) is 25.2 Å². The van der Waals surface area contributed by atoms with Crippen LogP contribution < -0.4 is 5.32 Å². The van der Waals surface area contributed by atoms with Crippen molar-refractivity contribution in [3.05, 3.63) is 83.7 Å². The van der Waals surface area contributed by atoms with Gasteiger partial charge in [0.1, 0.15) is 5.82 Å². The second kappa shape index (κ2) is 8.50. The molecule has 0 radical (unpaired) electrons. The lowest BCUT2D eigenvalue weighted by molar-refractivity contribution is 0.0165. The smallest absolute Gasteiger partial charge is 0.251 e. The Bertz CT molecular complexity index is 947. The third-order valence-corrected chi connectivity index (χ3v) is 5.23. The van der Waals surface area contributed by atoms with Crippen molar-refractivity contribution in [2.75, 3.05) is 32.8 Å². The molecule has 0 bridgehead atoms. The Balaban J connectivity index is 1.60. The van der Waals surface area contributed by atoms with Gasteiger partial charge in [-0.05, 0) is 40.6 Å². The fourth-order valence-electron chi connectivity index (χ4n) is 3.76. The number of benzene rings is 3. The normalized spacial score (nSPS) is 16.0. The molecule has 0 saturated carbocycles. The highest BCUT2D eigenvalue weighted by Gasteiger charge is 2.24. The molecule has 3 aromatic carbocycles. The molecule has 28 heavy (non-hydrogen) atoms. The molecule has 1 atom stereocenters. The van der Waals surface area contributed by atoms with Crippen LogP contribution in [0.3, 0.4) is 0 Å². The van der Waals surface area contributed by atoms with E-state index < -0.39 is 0 Å². The van der Waals surface area contributed by atoms with Crippen LogP contribution in [0.2, 0.25) is 0 Å². The summed E-state index contributed by atoms with van der Waals surface area (Å²) in [6.45, 7) is 3.49. The monoisotopic (exact) mass is 378 g/mol. The highest BCUT2D eigenvalue weighted by atomic mass is 19.1. The van der Waals surface area contributed by atoms with Crippen LogP contribution in [0.25, 0.3) is 10.8 Å². The molecule has 4 nitrogen and oxygen atoms in total. The number of ether oxygens (including phenoxy) is 1. The zero-order valence-corrected chi connectivity index (χ0v) is 15.6. The number of hydrogen-bond donors (Lipinski definition) is 1. The van der Waals surface area contributed by atoms with Crippen molar-refractivity contribution in [2.45, 2.75) is 6.04 Å². The highest BCUT2D eigenvalue weighted by Crippen LogP contribution is 2.28. The summed E-state index contributed by atoms with van der Waals surface area (Å²) < 4.78 is 18.6. The maximum Gasteiger partial charge on any atom is 0.251 e. The van der Waals surface area contributed by atoms with Crippen LogP contribution >= 0.6 is 0 Å². The number of nitrogens with zero attached hydrogens (tertiary/aromatic N) is 1. The van der Waals surface area contributed by atoms with Crippen LogP contribution in [-0.2, 0) is 4.74 Å². The molecule has 5 heteroatoms. The first-order chi connectivity index (χ1) is 13.7. The van der Waals surface area contributed by atoms with Gasteiger partial charge in [-0.1, -0.05) is 42.5 Å². The molecule has 1 fully saturated rings. The van der Waals surface area contributed by atoms with Crippen LogP contribution in [0.4, 0.5) is 4.39 Å². The van der Waals surface area contributed by atoms with E-state index in [1.54, 1.807) is 0 Å². The SMILES string of the molecule is O=C(NC[C@@H](c1cccc2ccccc12)N1CCOCC1)c1ccc(F)cc1. The summed E-state index contributed by atoms with van der Waals surface area (Å²) in [5, 5.41) is 5.41. The van der Waals surface area contributed by atoms with Gasteiger partial charge in [0.05, 0.1) is 19.3 Å². The molecule has 0 aliphatic carbocycles. The topological polar surface area (TPSA) is 41.6 Å². The molecule has 1 heterocycles. The van der Waals surface area contributed by atoms with Crippen molar-refractivity contribution in [2.24, 2.45) is 0 Å². The van der Waals surface area contributed by atoms with Crippen molar-refractivity contribution in [1.82, 2.24) is 10.2 Å². The van der Waals surface area contributed by atoms with Crippen LogP contribution in [0, 0.1) is 5.82 Å². The van der Waals surface area contributed by atoms with Gasteiger partial charge in [-0.15, -0.1) is 0 Å². The van der Waals surface area contributed by atoms with Crippen molar-refractivity contribution < 1.29 is 13.9 Å². The van der Waals surface area contributed by atoms with Crippen molar-refractivity contribution in [3.8, 4) is 0 Å². The molecule has 1 aliphatic heterocycles. The summed E-state index contributed by atoms with van der Waals surface area (Å²) in [6.07, 6.45) is 0. The van der Waals surface area contributed by atoms with Crippen LogP contribution in [-0.4, -0.2) is 43.7 Å². The number of nitrogens with one attached hydrogen (secondary N) is 1. The molecule has 1 amide bonds. The van der Waals surface area contributed by atoms with Gasteiger partial charge in [-0.3, -0.25) is 9.69 Å². The predicted molar refractivity (Wildman–Crippen MR) is 108 cm³/mol. The Hall–Kier alpha value is -2.76. The molecule has 0 aromatic heterocycles. The minimum atomic E-state index is -0.349. The highest BCUT2D eigenvalue weighted by molar-refractivity contribution is 5.94. The van der Waals surface area contributed by atoms with E-state index in [0.29, 0.717) is 25.3 Å². The Kier molecular flexibility index (Phi) is 5.65. The molecule has 1 saturated heterocycles. The quantitative estimate of drug-likeness (QED) is 0.735. The Morgan fingerprint density at radius 2 is 1.71 bits per heavy atom. The number of carbonyl (C=O) groups is 1. The minimum absolute atomic E-state index is 0.0411. The number of hydrogen-bond acceptors (Lipinski definition) is 3. The second-order valence-electron chi connectivity index (χ2n) is 6.95. The fraction of sp³-hybridized carbons (Fsp3) is 0.261. The Morgan fingerprint density at radius 3 is 2.50 bits per heavy atom. The lowest BCUT2D eigenvalue weighted by Gasteiger charge is -2.35. The minimum Gasteiger partial charge on any atom is -0.379 e. The van der Waals surface area contributed by atoms with Crippen molar-refractivity contribution in [1.29, 1.82) is 0 Å². The molecule has 4 rings (SSSR count). The van der Waals surface area contributed by atoms with Crippen LogP contribution in [0.15, 0.2) is 66.7 Å². The molecule has 1 aliphatic rings. The van der Waals surface area contributed by atoms with Gasteiger partial charge >= 0.3 is 0 Å². The largest absolute Gasteiger partial charge is 0.379 e. The van der Waals surface area contributed by atoms with E-state index in [9.17, 15) is 9.18 Å². The summed E-state index contributed by atoms with van der Waals surface area (Å²) in [7, 11) is 0. The number of fused-ring (bicyclic) bond motifs is 1. The van der Waals surface area contributed by atoms with Gasteiger partial charge < -0.3 is 10.1 Å². The van der Waals surface area contributed by atoms with E-state index in [0.717, 1.165) is 13.1 Å². The maximum absolute atomic E-state index is 13.1. The second-order valence-corrected chi connectivity index (χ2v) is 6.95. The van der Waals surface area contributed by atoms with Gasteiger partial charge in [0.25, 0.3) is 5.91 Å². The van der Waals surface area contributed by atoms with E-state index in [2.05, 4.69) is 40.5 Å². The molecule has 1 N–H and O–H groups in total. The van der Waals surface area contributed by atoms with E-state index >= 15 is 0 Å². The maximum atomic E-state index is 13.1. The number of amides is 1. The van der Waals surface area contributed by atoms with E-state index in [-0.39, 0.29) is 17.8 Å². The number of halogens is 1. The number of morpholine rings is 1. The van der Waals surface area contributed by atoms with Gasteiger partial charge in [0.15, 0.2) is 0 Å². The fourth-order valence-corrected chi connectivity index (χ4v) is 3.76. The van der Waals surface area contributed by atoms with Gasteiger partial charge in [-0.25, -0.2) is 4.39 Å². The summed E-state index contributed by atoms with van der Waals surface area (Å²) in [6, 6.07) is 20.3. The van der Waals surface area contributed by atoms with Crippen molar-refractivity contribution in [3.63, 3.8) is 0 Å². The molecular formula is C23H23FN2O2. The average Bonchev–Trinajstić information content (AvgIpc) is 2.75. The molecule has 0 unspecified atom stereocenters. The Morgan fingerprint density at radius 1 is 1.00 bits per heavy atom. The molecule has 0 spiro atoms. The first-order valence-electron chi connectivity index (χ1n) is 9.55. The van der Waals surface area contributed by atoms with Crippen molar-refractivity contribution >= 4 is 16.7 Å². The van der Waals surface area contributed by atoms with Crippen LogP contribution in [0.5, 0.6) is 0 Å². The Labute approximate surface area is 163 Å². The zero-order chi connectivity index (χ0) is 19.3. The summed E-state index contributed by atoms with van der Waals surface area (Å²) in [4.78, 5) is 14.9. The number of rotatable bonds is 5. The van der Waals surface area contributed by atoms with E-state index in [4.69, 9.17) is 4.74 Å². The summed E-state index contributed by atoms with van der Waals surface area (Å²) in [5.74, 6) is -0.544. The molecule has 144 valence electrons.